The Labute approximate surface area is 108 Å². The maximum Gasteiger partial charge on any atom is 0.249 e. The van der Waals surface area contributed by atoms with Gasteiger partial charge in [-0.3, -0.25) is 14.9 Å². The minimum Gasteiger partial charge on any atom is -0.373 e. The summed E-state index contributed by atoms with van der Waals surface area (Å²) in [6.07, 6.45) is 1.07. The lowest BCUT2D eigenvalue weighted by atomic mass is 10.1. The standard InChI is InChI=1S/C12H13BrN2O2/c1-2-7-5-8(13)3-4-9(7)14-10-6-11(16)15-12(10)17/h3-5,10,14H,2,6H2,1H3,(H,15,16,17). The van der Waals surface area contributed by atoms with Crippen LogP contribution in [0, 0.1) is 0 Å². The number of carbonyl (C=O) groups is 2. The molecule has 1 aromatic rings. The van der Waals surface area contributed by atoms with Crippen LogP contribution in [-0.4, -0.2) is 17.9 Å². The molecule has 1 aliphatic heterocycles. The number of hydrogen-bond acceptors (Lipinski definition) is 3. The Morgan fingerprint density at radius 2 is 2.24 bits per heavy atom. The highest BCUT2D eigenvalue weighted by Gasteiger charge is 2.30. The van der Waals surface area contributed by atoms with Gasteiger partial charge in [0.05, 0.1) is 6.42 Å². The van der Waals surface area contributed by atoms with Gasteiger partial charge in [-0.25, -0.2) is 0 Å². The van der Waals surface area contributed by atoms with E-state index in [-0.39, 0.29) is 18.2 Å². The van der Waals surface area contributed by atoms with E-state index in [2.05, 4.69) is 26.6 Å². The largest absolute Gasteiger partial charge is 0.373 e. The molecule has 4 nitrogen and oxygen atoms in total. The van der Waals surface area contributed by atoms with Crippen LogP contribution in [0.3, 0.4) is 0 Å². The molecular formula is C12H13BrN2O2. The molecule has 1 heterocycles. The van der Waals surface area contributed by atoms with Crippen molar-refractivity contribution >= 4 is 33.4 Å². The Bertz CT molecular complexity index is 474. The lowest BCUT2D eigenvalue weighted by Crippen LogP contribution is -2.30. The van der Waals surface area contributed by atoms with Gasteiger partial charge in [-0.1, -0.05) is 22.9 Å². The first-order valence-corrected chi connectivity index (χ1v) is 6.28. The molecule has 1 aliphatic rings. The summed E-state index contributed by atoms with van der Waals surface area (Å²) in [5.41, 5.74) is 2.03. The summed E-state index contributed by atoms with van der Waals surface area (Å²) in [4.78, 5) is 22.5. The lowest BCUT2D eigenvalue weighted by molar-refractivity contribution is -0.124. The van der Waals surface area contributed by atoms with Gasteiger partial charge in [-0.15, -0.1) is 0 Å². The highest BCUT2D eigenvalue weighted by molar-refractivity contribution is 9.10. The molecule has 1 unspecified atom stereocenters. The Kier molecular flexibility index (Phi) is 3.47. The van der Waals surface area contributed by atoms with Crippen LogP contribution in [0.2, 0.25) is 0 Å². The van der Waals surface area contributed by atoms with E-state index in [0.717, 1.165) is 22.1 Å². The summed E-state index contributed by atoms with van der Waals surface area (Å²) < 4.78 is 1.01. The van der Waals surface area contributed by atoms with Crippen LogP contribution in [0.1, 0.15) is 18.9 Å². The molecule has 1 fully saturated rings. The first-order valence-electron chi connectivity index (χ1n) is 5.49. The maximum absolute atomic E-state index is 11.5. The number of amides is 2. The number of aryl methyl sites for hydroxylation is 1. The molecule has 2 rings (SSSR count). The van der Waals surface area contributed by atoms with Crippen LogP contribution < -0.4 is 10.6 Å². The van der Waals surface area contributed by atoms with Crippen molar-refractivity contribution in [2.75, 3.05) is 5.32 Å². The van der Waals surface area contributed by atoms with Crippen LogP contribution in [0.15, 0.2) is 22.7 Å². The summed E-state index contributed by atoms with van der Waals surface area (Å²) in [5, 5.41) is 5.40. The normalized spacial score (nSPS) is 19.3. The van der Waals surface area contributed by atoms with Crippen LogP contribution in [0.25, 0.3) is 0 Å². The van der Waals surface area contributed by atoms with E-state index in [9.17, 15) is 9.59 Å². The number of nitrogens with one attached hydrogen (secondary N) is 2. The predicted molar refractivity (Wildman–Crippen MR) is 68.7 cm³/mol. The second-order valence-corrected chi connectivity index (χ2v) is 4.88. The number of anilines is 1. The number of carbonyl (C=O) groups excluding carboxylic acids is 2. The first-order chi connectivity index (χ1) is 8.10. The fourth-order valence-electron chi connectivity index (χ4n) is 1.85. The molecule has 0 radical (unpaired) electrons. The number of imide groups is 1. The van der Waals surface area contributed by atoms with Crippen molar-refractivity contribution in [3.8, 4) is 0 Å². The number of halogens is 1. The summed E-state index contributed by atoms with van der Waals surface area (Å²) in [7, 11) is 0. The predicted octanol–water partition coefficient (Wildman–Crippen LogP) is 1.84. The molecule has 1 atom stereocenters. The number of hydrogen-bond donors (Lipinski definition) is 2. The molecule has 0 saturated carbocycles. The van der Waals surface area contributed by atoms with E-state index in [1.165, 1.54) is 0 Å². The Morgan fingerprint density at radius 3 is 2.82 bits per heavy atom. The summed E-state index contributed by atoms with van der Waals surface area (Å²) in [6, 6.07) is 5.39. The summed E-state index contributed by atoms with van der Waals surface area (Å²) in [5.74, 6) is -0.470. The minimum absolute atomic E-state index is 0.206. The molecule has 0 spiro atoms. The zero-order chi connectivity index (χ0) is 12.4. The van der Waals surface area contributed by atoms with Crippen LogP contribution >= 0.6 is 15.9 Å². The van der Waals surface area contributed by atoms with Gasteiger partial charge >= 0.3 is 0 Å². The molecule has 5 heteroatoms. The summed E-state index contributed by atoms with van der Waals surface area (Å²) >= 11 is 3.41. The number of rotatable bonds is 3. The van der Waals surface area contributed by atoms with Crippen molar-refractivity contribution in [1.29, 1.82) is 0 Å². The first kappa shape index (κ1) is 12.1. The SMILES string of the molecule is CCc1cc(Br)ccc1NC1CC(=O)NC1=O. The molecule has 90 valence electrons. The van der Waals surface area contributed by atoms with E-state index < -0.39 is 6.04 Å². The third-order valence-corrected chi connectivity index (χ3v) is 3.24. The third kappa shape index (κ3) is 2.66. The summed E-state index contributed by atoms with van der Waals surface area (Å²) in [6.45, 7) is 2.05. The molecule has 0 aromatic heterocycles. The van der Waals surface area contributed by atoms with Gasteiger partial charge < -0.3 is 5.32 Å². The Balaban J connectivity index is 2.18. The van der Waals surface area contributed by atoms with Gasteiger partial charge in [0, 0.05) is 10.2 Å². The van der Waals surface area contributed by atoms with Crippen LogP contribution in [0.4, 0.5) is 5.69 Å². The Hall–Kier alpha value is -1.36. The van der Waals surface area contributed by atoms with Crippen LogP contribution in [0.5, 0.6) is 0 Å². The maximum atomic E-state index is 11.5. The zero-order valence-electron chi connectivity index (χ0n) is 9.42. The minimum atomic E-state index is -0.450. The molecular weight excluding hydrogens is 284 g/mol. The topological polar surface area (TPSA) is 58.2 Å². The van der Waals surface area contributed by atoms with Gasteiger partial charge in [-0.2, -0.15) is 0 Å². The fourth-order valence-corrected chi connectivity index (χ4v) is 2.26. The van der Waals surface area contributed by atoms with E-state index in [4.69, 9.17) is 0 Å². The van der Waals surface area contributed by atoms with Crippen LogP contribution in [-0.2, 0) is 16.0 Å². The highest BCUT2D eigenvalue weighted by atomic mass is 79.9. The molecule has 17 heavy (non-hydrogen) atoms. The average molecular weight is 297 g/mol. The third-order valence-electron chi connectivity index (χ3n) is 2.75. The van der Waals surface area contributed by atoms with E-state index in [1.54, 1.807) is 0 Å². The second kappa shape index (κ2) is 4.87. The molecule has 2 N–H and O–H groups in total. The molecule has 1 aromatic carbocycles. The molecule has 0 aliphatic carbocycles. The highest BCUT2D eigenvalue weighted by Crippen LogP contribution is 2.23. The average Bonchev–Trinajstić information content (AvgIpc) is 2.60. The number of benzene rings is 1. The smallest absolute Gasteiger partial charge is 0.249 e. The van der Waals surface area contributed by atoms with E-state index in [1.807, 2.05) is 25.1 Å². The fraction of sp³-hybridized carbons (Fsp3) is 0.333. The van der Waals surface area contributed by atoms with Crippen molar-refractivity contribution in [1.82, 2.24) is 5.32 Å². The van der Waals surface area contributed by atoms with Crippen molar-refractivity contribution in [2.24, 2.45) is 0 Å². The van der Waals surface area contributed by atoms with Gasteiger partial charge in [0.15, 0.2) is 0 Å². The van der Waals surface area contributed by atoms with Gasteiger partial charge in [-0.05, 0) is 30.2 Å². The van der Waals surface area contributed by atoms with Gasteiger partial charge in [0.25, 0.3) is 0 Å². The Morgan fingerprint density at radius 1 is 1.47 bits per heavy atom. The van der Waals surface area contributed by atoms with Crippen molar-refractivity contribution in [3.63, 3.8) is 0 Å². The monoisotopic (exact) mass is 296 g/mol. The molecule has 1 saturated heterocycles. The van der Waals surface area contributed by atoms with E-state index in [0.29, 0.717) is 0 Å². The quantitative estimate of drug-likeness (QED) is 0.837. The van der Waals surface area contributed by atoms with Crippen molar-refractivity contribution in [3.05, 3.63) is 28.2 Å². The van der Waals surface area contributed by atoms with Gasteiger partial charge in [0.2, 0.25) is 11.8 Å². The molecule has 0 bridgehead atoms. The van der Waals surface area contributed by atoms with Gasteiger partial charge in [0.1, 0.15) is 6.04 Å². The second-order valence-electron chi connectivity index (χ2n) is 3.97. The zero-order valence-corrected chi connectivity index (χ0v) is 11.0. The van der Waals surface area contributed by atoms with Crippen molar-refractivity contribution < 1.29 is 9.59 Å². The van der Waals surface area contributed by atoms with Crippen molar-refractivity contribution in [2.45, 2.75) is 25.8 Å². The molecule has 2 amide bonds. The lowest BCUT2D eigenvalue weighted by Gasteiger charge is -2.14. The van der Waals surface area contributed by atoms with E-state index >= 15 is 0 Å².